The molecule has 0 spiro atoms. The molecule has 0 amide bonds. The van der Waals surface area contributed by atoms with Crippen LogP contribution in [-0.2, 0) is 11.2 Å². The summed E-state index contributed by atoms with van der Waals surface area (Å²) >= 11 is 0. The summed E-state index contributed by atoms with van der Waals surface area (Å²) in [6.45, 7) is 5.26. The molecule has 0 aromatic carbocycles. The molecular formula is C21H33IN6O2. The van der Waals surface area contributed by atoms with E-state index in [1.54, 1.807) is 13.2 Å². The summed E-state index contributed by atoms with van der Waals surface area (Å²) in [7, 11) is 1.80. The first-order chi connectivity index (χ1) is 14.2. The Morgan fingerprint density at radius 1 is 1.27 bits per heavy atom. The minimum atomic E-state index is 0. The van der Waals surface area contributed by atoms with Gasteiger partial charge in [0, 0.05) is 46.0 Å². The Hall–Kier alpha value is -1.75. The molecule has 3 rings (SSSR count). The summed E-state index contributed by atoms with van der Waals surface area (Å²) < 4.78 is 10.9. The number of hydrogen-bond donors (Lipinski definition) is 2. The number of hydrogen-bond acceptors (Lipinski definition) is 6. The van der Waals surface area contributed by atoms with Crippen molar-refractivity contribution in [2.45, 2.75) is 45.4 Å². The minimum Gasteiger partial charge on any atom is -0.382 e. The Morgan fingerprint density at radius 2 is 2.10 bits per heavy atom. The van der Waals surface area contributed by atoms with Gasteiger partial charge in [0.25, 0.3) is 5.89 Å². The maximum atomic E-state index is 5.60. The molecule has 1 aliphatic rings. The van der Waals surface area contributed by atoms with Crippen LogP contribution in [0.5, 0.6) is 0 Å². The molecule has 2 N–H and O–H groups in total. The molecule has 1 fully saturated rings. The smallest absolute Gasteiger partial charge is 0.276 e. The van der Waals surface area contributed by atoms with Gasteiger partial charge in [-0.3, -0.25) is 9.98 Å². The van der Waals surface area contributed by atoms with Crippen molar-refractivity contribution < 1.29 is 9.26 Å². The average Bonchev–Trinajstić information content (AvgIpc) is 3.42. The van der Waals surface area contributed by atoms with E-state index in [9.17, 15) is 0 Å². The van der Waals surface area contributed by atoms with Crippen LogP contribution in [0, 0.1) is 5.41 Å². The van der Waals surface area contributed by atoms with Gasteiger partial charge >= 0.3 is 0 Å². The number of pyridine rings is 1. The van der Waals surface area contributed by atoms with Crippen LogP contribution in [0.3, 0.4) is 0 Å². The van der Waals surface area contributed by atoms with E-state index in [1.807, 2.05) is 25.1 Å². The third-order valence-corrected chi connectivity index (χ3v) is 5.49. The van der Waals surface area contributed by atoms with E-state index in [-0.39, 0.29) is 24.0 Å². The Morgan fingerprint density at radius 3 is 2.80 bits per heavy atom. The van der Waals surface area contributed by atoms with Gasteiger partial charge in [0.2, 0.25) is 0 Å². The maximum absolute atomic E-state index is 5.60. The van der Waals surface area contributed by atoms with Crippen molar-refractivity contribution in [1.82, 2.24) is 25.8 Å². The zero-order chi connectivity index (χ0) is 20.4. The van der Waals surface area contributed by atoms with Crippen LogP contribution in [-0.4, -0.2) is 54.4 Å². The molecule has 30 heavy (non-hydrogen) atoms. The quantitative estimate of drug-likeness (QED) is 0.211. The topological polar surface area (TPSA) is 97.5 Å². The lowest BCUT2D eigenvalue weighted by molar-refractivity contribution is 0.105. The molecule has 0 unspecified atom stereocenters. The van der Waals surface area contributed by atoms with Crippen LogP contribution in [0.15, 0.2) is 33.9 Å². The van der Waals surface area contributed by atoms with Crippen molar-refractivity contribution >= 4 is 29.9 Å². The van der Waals surface area contributed by atoms with Gasteiger partial charge in [0.15, 0.2) is 11.8 Å². The molecule has 0 atom stereocenters. The number of aliphatic imine (C=N–C) groups is 1. The number of rotatable bonds is 10. The van der Waals surface area contributed by atoms with Gasteiger partial charge in [-0.05, 0) is 43.7 Å². The Kier molecular flexibility index (Phi) is 10.5. The van der Waals surface area contributed by atoms with Crippen molar-refractivity contribution in [3.8, 4) is 11.6 Å². The summed E-state index contributed by atoms with van der Waals surface area (Å²) in [5.41, 5.74) is 1.00. The fourth-order valence-corrected chi connectivity index (χ4v) is 3.81. The number of guanidine groups is 1. The number of aromatic nitrogens is 3. The highest BCUT2D eigenvalue weighted by molar-refractivity contribution is 14.0. The van der Waals surface area contributed by atoms with Gasteiger partial charge in [-0.25, -0.2) is 0 Å². The largest absolute Gasteiger partial charge is 0.382 e. The first kappa shape index (κ1) is 24.5. The zero-order valence-corrected chi connectivity index (χ0v) is 20.2. The molecule has 9 heteroatoms. The highest BCUT2D eigenvalue weighted by Gasteiger charge is 2.33. The van der Waals surface area contributed by atoms with Crippen molar-refractivity contribution in [3.63, 3.8) is 0 Å². The first-order valence-electron chi connectivity index (χ1n) is 10.5. The highest BCUT2D eigenvalue weighted by atomic mass is 127. The molecule has 2 aromatic heterocycles. The van der Waals surface area contributed by atoms with E-state index in [4.69, 9.17) is 9.26 Å². The summed E-state index contributed by atoms with van der Waals surface area (Å²) in [6, 6.07) is 5.61. The molecule has 0 saturated heterocycles. The van der Waals surface area contributed by atoms with Gasteiger partial charge in [-0.15, -0.1) is 24.0 Å². The van der Waals surface area contributed by atoms with Crippen molar-refractivity contribution in [3.05, 3.63) is 30.2 Å². The predicted molar refractivity (Wildman–Crippen MR) is 128 cm³/mol. The zero-order valence-electron chi connectivity index (χ0n) is 17.9. The Balaban J connectivity index is 0.00000320. The summed E-state index contributed by atoms with van der Waals surface area (Å²) in [6.07, 6.45) is 8.57. The van der Waals surface area contributed by atoms with E-state index in [2.05, 4.69) is 30.8 Å². The third kappa shape index (κ3) is 7.19. The van der Waals surface area contributed by atoms with Crippen molar-refractivity contribution in [2.75, 3.05) is 33.4 Å². The van der Waals surface area contributed by atoms with Gasteiger partial charge in [0.05, 0.1) is 0 Å². The molecule has 0 aliphatic heterocycles. The molecule has 1 saturated carbocycles. The van der Waals surface area contributed by atoms with E-state index >= 15 is 0 Å². The lowest BCUT2D eigenvalue weighted by Gasteiger charge is -2.30. The molecule has 1 aliphatic carbocycles. The fraction of sp³-hybridized carbons (Fsp3) is 0.619. The van der Waals surface area contributed by atoms with E-state index < -0.39 is 0 Å². The second-order valence-electron chi connectivity index (χ2n) is 7.49. The Bertz CT molecular complexity index is 762. The number of nitrogens with zero attached hydrogens (tertiary/aromatic N) is 4. The number of halogens is 1. The van der Waals surface area contributed by atoms with Crippen molar-refractivity contribution in [2.24, 2.45) is 10.4 Å². The molecule has 8 nitrogen and oxygen atoms in total. The van der Waals surface area contributed by atoms with E-state index in [1.165, 1.54) is 25.7 Å². The van der Waals surface area contributed by atoms with Gasteiger partial charge in [0.1, 0.15) is 5.69 Å². The molecule has 166 valence electrons. The standard InChI is InChI=1S/C21H32N6O2.HI/c1-3-28-15-12-21(10-5-6-11-21)16-25-20(22-2)24-14-9-18-26-19(29-27-18)17-8-4-7-13-23-17;/h4,7-8,13H,3,5-6,9-12,14-16H2,1-2H3,(H2,22,24,25);1H. The molecule has 0 radical (unpaired) electrons. The van der Waals surface area contributed by atoms with E-state index in [0.717, 1.165) is 32.1 Å². The van der Waals surface area contributed by atoms with Gasteiger partial charge < -0.3 is 19.9 Å². The van der Waals surface area contributed by atoms with Crippen LogP contribution in [0.25, 0.3) is 11.6 Å². The van der Waals surface area contributed by atoms with Gasteiger partial charge in [-0.1, -0.05) is 24.1 Å². The number of nitrogens with one attached hydrogen (secondary N) is 2. The van der Waals surface area contributed by atoms with Crippen LogP contribution < -0.4 is 10.6 Å². The van der Waals surface area contributed by atoms with Crippen molar-refractivity contribution in [1.29, 1.82) is 0 Å². The lowest BCUT2D eigenvalue weighted by atomic mass is 9.83. The number of ether oxygens (including phenoxy) is 1. The minimum absolute atomic E-state index is 0. The molecule has 2 aromatic rings. The third-order valence-electron chi connectivity index (χ3n) is 5.49. The van der Waals surface area contributed by atoms with Crippen LogP contribution in [0.1, 0.15) is 44.9 Å². The van der Waals surface area contributed by atoms with Crippen LogP contribution in [0.2, 0.25) is 0 Å². The predicted octanol–water partition coefficient (Wildman–Crippen LogP) is 3.44. The molecular weight excluding hydrogens is 495 g/mol. The average molecular weight is 528 g/mol. The summed E-state index contributed by atoms with van der Waals surface area (Å²) in [5, 5.41) is 10.9. The van der Waals surface area contributed by atoms with Gasteiger partial charge in [-0.2, -0.15) is 4.98 Å². The van der Waals surface area contributed by atoms with E-state index in [0.29, 0.717) is 35.8 Å². The fourth-order valence-electron chi connectivity index (χ4n) is 3.81. The first-order valence-corrected chi connectivity index (χ1v) is 10.5. The summed E-state index contributed by atoms with van der Waals surface area (Å²) in [5.74, 6) is 1.90. The maximum Gasteiger partial charge on any atom is 0.276 e. The van der Waals surface area contributed by atoms with Crippen LogP contribution in [0.4, 0.5) is 0 Å². The Labute approximate surface area is 195 Å². The molecule has 0 bridgehead atoms. The molecule has 2 heterocycles. The summed E-state index contributed by atoms with van der Waals surface area (Å²) in [4.78, 5) is 13.0. The van der Waals surface area contributed by atoms with Crippen LogP contribution >= 0.6 is 24.0 Å². The highest BCUT2D eigenvalue weighted by Crippen LogP contribution is 2.40. The second kappa shape index (κ2) is 12.8. The normalized spacial score (nSPS) is 15.6. The second-order valence-corrected chi connectivity index (χ2v) is 7.49. The lowest BCUT2D eigenvalue weighted by Crippen LogP contribution is -2.44. The monoisotopic (exact) mass is 528 g/mol. The SMILES string of the molecule is CCOCCC1(CNC(=NC)NCCc2noc(-c3ccccn3)n2)CCCC1.I.